The lowest BCUT2D eigenvalue weighted by molar-refractivity contribution is -0.161. The highest BCUT2D eigenvalue weighted by Crippen LogP contribution is 2.43. The number of hydrogen-bond acceptors (Lipinski definition) is 10. The number of aliphatic hydroxyl groups is 2. The molecular formula is C46H81O11P. The monoisotopic (exact) mass is 841 g/mol. The van der Waals surface area contributed by atoms with Gasteiger partial charge in [-0.2, -0.15) is 0 Å². The van der Waals surface area contributed by atoms with E-state index in [2.05, 4.69) is 60.9 Å². The molecule has 0 radical (unpaired) electrons. The second-order valence-corrected chi connectivity index (χ2v) is 16.9. The number of carbonyl (C=O) groups is 2. The van der Waals surface area contributed by atoms with Crippen LogP contribution in [0.1, 0.15) is 181 Å². The summed E-state index contributed by atoms with van der Waals surface area (Å²) in [5.74, 6) is -1.00. The molecule has 0 saturated carbocycles. The minimum atomic E-state index is -4.64. The van der Waals surface area contributed by atoms with Crippen LogP contribution in [0.15, 0.2) is 48.6 Å². The van der Waals surface area contributed by atoms with Crippen LogP contribution in [-0.4, -0.2) is 77.9 Å². The van der Waals surface area contributed by atoms with Crippen LogP contribution < -0.4 is 0 Å². The van der Waals surface area contributed by atoms with E-state index in [1.165, 1.54) is 83.5 Å². The van der Waals surface area contributed by atoms with Gasteiger partial charge in [0.2, 0.25) is 0 Å². The van der Waals surface area contributed by atoms with Gasteiger partial charge in [0, 0.05) is 12.8 Å². The topological polar surface area (TPSA) is 161 Å². The Hall–Kier alpha value is -2.11. The molecule has 1 fully saturated rings. The number of epoxide rings is 1. The van der Waals surface area contributed by atoms with Gasteiger partial charge in [-0.25, -0.2) is 4.57 Å². The summed E-state index contributed by atoms with van der Waals surface area (Å²) in [6, 6.07) is 0. The molecular weight excluding hydrogens is 759 g/mol. The van der Waals surface area contributed by atoms with Crippen LogP contribution in [0.4, 0.5) is 0 Å². The van der Waals surface area contributed by atoms with E-state index in [4.69, 9.17) is 23.8 Å². The van der Waals surface area contributed by atoms with Gasteiger partial charge >= 0.3 is 19.8 Å². The molecule has 11 nitrogen and oxygen atoms in total. The lowest BCUT2D eigenvalue weighted by Crippen LogP contribution is -2.29. The van der Waals surface area contributed by atoms with E-state index in [1.807, 2.05) is 6.08 Å². The van der Waals surface area contributed by atoms with E-state index in [-0.39, 0.29) is 31.7 Å². The molecule has 1 heterocycles. The van der Waals surface area contributed by atoms with Crippen molar-refractivity contribution in [3.63, 3.8) is 0 Å². The number of aliphatic hydroxyl groups excluding tert-OH is 2. The highest BCUT2D eigenvalue weighted by atomic mass is 31.2. The molecule has 1 aliphatic rings. The van der Waals surface area contributed by atoms with Gasteiger partial charge < -0.3 is 29.3 Å². The summed E-state index contributed by atoms with van der Waals surface area (Å²) in [6.07, 6.45) is 42.4. The van der Waals surface area contributed by atoms with Crippen LogP contribution in [-0.2, 0) is 37.4 Å². The van der Waals surface area contributed by atoms with Crippen molar-refractivity contribution in [3.8, 4) is 0 Å². The Bertz CT molecular complexity index is 1170. The van der Waals surface area contributed by atoms with Crippen molar-refractivity contribution in [1.29, 1.82) is 0 Å². The van der Waals surface area contributed by atoms with Gasteiger partial charge in [-0.1, -0.05) is 140 Å². The predicted octanol–water partition coefficient (Wildman–Crippen LogP) is 11.1. The molecule has 3 N–H and O–H groups in total. The summed E-state index contributed by atoms with van der Waals surface area (Å²) < 4.78 is 38.5. The first-order chi connectivity index (χ1) is 28.2. The molecule has 0 spiro atoms. The number of hydrogen-bond donors (Lipinski definition) is 3. The molecule has 1 rings (SSSR count). The first-order valence-electron chi connectivity index (χ1n) is 22.7. The molecule has 3 unspecified atom stereocenters. The summed E-state index contributed by atoms with van der Waals surface area (Å²) in [5.41, 5.74) is 0. The van der Waals surface area contributed by atoms with E-state index >= 15 is 0 Å². The van der Waals surface area contributed by atoms with Gasteiger partial charge in [-0.05, 0) is 77.0 Å². The maximum atomic E-state index is 12.6. The largest absolute Gasteiger partial charge is 0.472 e. The second kappa shape index (κ2) is 37.9. The van der Waals surface area contributed by atoms with Gasteiger partial charge in [-0.15, -0.1) is 0 Å². The van der Waals surface area contributed by atoms with Gasteiger partial charge in [-0.3, -0.25) is 18.6 Å². The fourth-order valence-corrected chi connectivity index (χ4v) is 6.99. The number of phosphoric acid groups is 1. The third-order valence-corrected chi connectivity index (χ3v) is 10.8. The maximum absolute atomic E-state index is 12.6. The Morgan fingerprint density at radius 2 is 1.07 bits per heavy atom. The average molecular weight is 841 g/mol. The summed E-state index contributed by atoms with van der Waals surface area (Å²) in [6.45, 7) is 2.27. The van der Waals surface area contributed by atoms with Crippen molar-refractivity contribution in [2.75, 3.05) is 26.4 Å². The third kappa shape index (κ3) is 34.7. The molecule has 0 aliphatic carbocycles. The molecule has 336 valence electrons. The lowest BCUT2D eigenvalue weighted by atomic mass is 10.1. The molecule has 0 aromatic carbocycles. The third-order valence-electron chi connectivity index (χ3n) is 9.86. The molecule has 5 atom stereocenters. The van der Waals surface area contributed by atoms with Gasteiger partial charge in [0.05, 0.1) is 32.0 Å². The Morgan fingerprint density at radius 1 is 0.603 bits per heavy atom. The number of allylic oxidation sites excluding steroid dienone is 6. The van der Waals surface area contributed by atoms with Crippen LogP contribution in [0.2, 0.25) is 0 Å². The van der Waals surface area contributed by atoms with Crippen molar-refractivity contribution >= 4 is 19.8 Å². The van der Waals surface area contributed by atoms with Crippen molar-refractivity contribution in [1.82, 2.24) is 0 Å². The quantitative estimate of drug-likeness (QED) is 0.0177. The predicted molar refractivity (Wildman–Crippen MR) is 232 cm³/mol. The molecule has 12 heteroatoms. The van der Waals surface area contributed by atoms with Crippen LogP contribution in [0.5, 0.6) is 0 Å². The second-order valence-electron chi connectivity index (χ2n) is 15.5. The highest BCUT2D eigenvalue weighted by Gasteiger charge is 2.36. The Balaban J connectivity index is 2.29. The molecule has 1 aliphatic heterocycles. The summed E-state index contributed by atoms with van der Waals surface area (Å²) >= 11 is 0. The van der Waals surface area contributed by atoms with E-state index in [9.17, 15) is 24.2 Å². The van der Waals surface area contributed by atoms with E-state index < -0.39 is 51.8 Å². The number of esters is 2. The average Bonchev–Trinajstić information content (AvgIpc) is 3.97. The zero-order valence-corrected chi connectivity index (χ0v) is 37.1. The molecule has 58 heavy (non-hydrogen) atoms. The zero-order valence-electron chi connectivity index (χ0n) is 36.2. The van der Waals surface area contributed by atoms with Crippen LogP contribution in [0, 0.1) is 0 Å². The first-order valence-corrected chi connectivity index (χ1v) is 24.2. The zero-order chi connectivity index (χ0) is 42.4. The fourth-order valence-electron chi connectivity index (χ4n) is 6.20. The molecule has 0 aromatic heterocycles. The van der Waals surface area contributed by atoms with E-state index in [0.29, 0.717) is 19.3 Å². The van der Waals surface area contributed by atoms with Gasteiger partial charge in [0.1, 0.15) is 12.7 Å². The number of ether oxygens (including phenoxy) is 3. The standard InChI is InChI=1S/C46H81O11P/c1-3-5-7-9-11-13-14-15-16-17-18-19-20-22-24-26-31-35-45(49)53-39-42(40-55-58(51,52)54-38-41(48)37-47)56-46(50)36-32-28-27-30-34-44-43(57-44)33-29-25-23-21-12-10-8-6-4-2/h12,15-16,21,25,27,29-30,41-44,47-48H,3-11,13-14,17-20,22-24,26,28,31-40H2,1-2H3,(H,51,52)/b16-15-,21-12-,29-25-,30-27-/t41-,42+,43?,44?/m0/s1. The smallest absolute Gasteiger partial charge is 0.462 e. The van der Waals surface area contributed by atoms with Crippen molar-refractivity contribution in [2.24, 2.45) is 0 Å². The highest BCUT2D eigenvalue weighted by molar-refractivity contribution is 7.47. The summed E-state index contributed by atoms with van der Waals surface area (Å²) in [5, 5.41) is 18.4. The van der Waals surface area contributed by atoms with Crippen molar-refractivity contribution < 1.29 is 52.5 Å². The van der Waals surface area contributed by atoms with Crippen molar-refractivity contribution in [3.05, 3.63) is 48.6 Å². The van der Waals surface area contributed by atoms with E-state index in [1.54, 1.807) is 0 Å². The lowest BCUT2D eigenvalue weighted by Gasteiger charge is -2.20. The Kier molecular flexibility index (Phi) is 35.2. The van der Waals surface area contributed by atoms with Crippen LogP contribution >= 0.6 is 7.82 Å². The van der Waals surface area contributed by atoms with Crippen molar-refractivity contribution in [2.45, 2.75) is 205 Å². The van der Waals surface area contributed by atoms with E-state index in [0.717, 1.165) is 51.4 Å². The van der Waals surface area contributed by atoms with Gasteiger partial charge in [0.25, 0.3) is 0 Å². The molecule has 0 bridgehead atoms. The number of unbranched alkanes of at least 4 members (excludes halogenated alkanes) is 17. The van der Waals surface area contributed by atoms with Gasteiger partial charge in [0.15, 0.2) is 6.10 Å². The fraction of sp³-hybridized carbons (Fsp3) is 0.783. The molecule has 0 amide bonds. The molecule has 0 aromatic rings. The minimum Gasteiger partial charge on any atom is -0.462 e. The maximum Gasteiger partial charge on any atom is 0.472 e. The Labute approximate surface area is 351 Å². The minimum absolute atomic E-state index is 0.0983. The Morgan fingerprint density at radius 3 is 1.71 bits per heavy atom. The van der Waals surface area contributed by atoms with Crippen LogP contribution in [0.3, 0.4) is 0 Å². The molecule has 1 saturated heterocycles. The van der Waals surface area contributed by atoms with Crippen LogP contribution in [0.25, 0.3) is 0 Å². The first kappa shape index (κ1) is 53.9. The normalized spacial score (nSPS) is 17.7. The number of phosphoric ester groups is 1. The SMILES string of the molecule is CCCCC/C=C\C/C=C\CC1OC1C/C=C\CCCC(=O)O[C@H](COC(=O)CCCCCCCCC/C=C\CCCCCCCC)COP(=O)(O)OC[C@@H](O)CO. The number of rotatable bonds is 41. The number of carbonyl (C=O) groups excluding carboxylic acids is 2. The summed E-state index contributed by atoms with van der Waals surface area (Å²) in [7, 11) is -4.64. The summed E-state index contributed by atoms with van der Waals surface area (Å²) in [4.78, 5) is 35.1.